The second kappa shape index (κ2) is 5.75. The first-order chi connectivity index (χ1) is 9.72. The Hall–Kier alpha value is -1.68. The maximum Gasteiger partial charge on any atom is 0.227 e. The van der Waals surface area contributed by atoms with E-state index in [4.69, 9.17) is 16.1 Å². The molecule has 5 heteroatoms. The minimum atomic E-state index is 0.0438. The summed E-state index contributed by atoms with van der Waals surface area (Å²) < 4.78 is 5.25. The largest absolute Gasteiger partial charge is 0.339 e. The molecule has 2 aromatic rings. The summed E-state index contributed by atoms with van der Waals surface area (Å²) in [6.45, 7) is 0. The molecule has 4 nitrogen and oxygen atoms in total. The van der Waals surface area contributed by atoms with Crippen molar-refractivity contribution in [2.24, 2.45) is 5.92 Å². The van der Waals surface area contributed by atoms with Gasteiger partial charge in [-0.1, -0.05) is 23.2 Å². The third-order valence-electron chi connectivity index (χ3n) is 3.67. The molecule has 0 saturated heterocycles. The molecule has 1 aromatic carbocycles. The second-order valence-electron chi connectivity index (χ2n) is 5.13. The van der Waals surface area contributed by atoms with E-state index in [0.717, 1.165) is 24.8 Å². The van der Waals surface area contributed by atoms with Crippen LogP contribution in [0.5, 0.6) is 0 Å². The Morgan fingerprint density at radius 3 is 2.80 bits per heavy atom. The number of hydrogen-bond donors (Lipinski definition) is 0. The molecule has 1 unspecified atom stereocenters. The van der Waals surface area contributed by atoms with Gasteiger partial charge in [0.25, 0.3) is 0 Å². The molecule has 1 aliphatic rings. The highest BCUT2D eigenvalue weighted by Gasteiger charge is 2.24. The molecule has 1 saturated carbocycles. The molecule has 1 heterocycles. The normalized spacial score (nSPS) is 19.2. The highest BCUT2D eigenvalue weighted by Crippen LogP contribution is 2.25. The summed E-state index contributed by atoms with van der Waals surface area (Å²) in [7, 11) is 0. The standard InChI is InChI=1S/C15H15ClN2O2/c16-12-7-5-10(6-8-12)15-17-14(20-18-15)9-11-3-1-2-4-13(11)19/h5-8,11H,1-4,9H2. The lowest BCUT2D eigenvalue weighted by molar-refractivity contribution is -0.124. The number of nitrogens with zero attached hydrogens (tertiary/aromatic N) is 2. The van der Waals surface area contributed by atoms with Crippen molar-refractivity contribution in [2.45, 2.75) is 32.1 Å². The number of rotatable bonds is 3. The lowest BCUT2D eigenvalue weighted by Gasteiger charge is -2.18. The van der Waals surface area contributed by atoms with Gasteiger partial charge in [-0.2, -0.15) is 4.98 Å². The first-order valence-electron chi connectivity index (χ1n) is 6.83. The van der Waals surface area contributed by atoms with Gasteiger partial charge in [-0.05, 0) is 37.1 Å². The van der Waals surface area contributed by atoms with E-state index in [9.17, 15) is 4.79 Å². The Balaban J connectivity index is 1.73. The molecule has 0 spiro atoms. The fourth-order valence-electron chi connectivity index (χ4n) is 2.54. The van der Waals surface area contributed by atoms with Crippen molar-refractivity contribution >= 4 is 17.4 Å². The number of hydrogen-bond acceptors (Lipinski definition) is 4. The van der Waals surface area contributed by atoms with Crippen LogP contribution in [0.1, 0.15) is 31.6 Å². The molecule has 0 amide bonds. The van der Waals surface area contributed by atoms with Crippen molar-refractivity contribution in [2.75, 3.05) is 0 Å². The Kier molecular flexibility index (Phi) is 3.83. The SMILES string of the molecule is O=C1CCCCC1Cc1nc(-c2ccc(Cl)cc2)no1. The van der Waals surface area contributed by atoms with Crippen LogP contribution in [0.3, 0.4) is 0 Å². The van der Waals surface area contributed by atoms with Crippen LogP contribution in [-0.2, 0) is 11.2 Å². The van der Waals surface area contributed by atoms with Crippen LogP contribution in [0, 0.1) is 5.92 Å². The number of halogens is 1. The van der Waals surface area contributed by atoms with Crippen LogP contribution in [0.25, 0.3) is 11.4 Å². The molecule has 0 radical (unpaired) electrons. The van der Waals surface area contributed by atoms with E-state index in [0.29, 0.717) is 35.4 Å². The van der Waals surface area contributed by atoms with Crippen molar-refractivity contribution in [1.29, 1.82) is 0 Å². The predicted molar refractivity (Wildman–Crippen MR) is 75.4 cm³/mol. The Bertz CT molecular complexity index is 607. The van der Waals surface area contributed by atoms with Gasteiger partial charge in [0.15, 0.2) is 0 Å². The van der Waals surface area contributed by atoms with Crippen LogP contribution in [0.4, 0.5) is 0 Å². The van der Waals surface area contributed by atoms with Gasteiger partial charge in [0, 0.05) is 29.3 Å². The number of aromatic nitrogens is 2. The molecule has 0 N–H and O–H groups in total. The topological polar surface area (TPSA) is 56.0 Å². The van der Waals surface area contributed by atoms with Crippen LogP contribution in [-0.4, -0.2) is 15.9 Å². The minimum Gasteiger partial charge on any atom is -0.339 e. The summed E-state index contributed by atoms with van der Waals surface area (Å²) in [4.78, 5) is 16.2. The average molecular weight is 291 g/mol. The van der Waals surface area contributed by atoms with Crippen molar-refractivity contribution < 1.29 is 9.32 Å². The summed E-state index contributed by atoms with van der Waals surface area (Å²) in [5, 5.41) is 4.64. The molecule has 0 bridgehead atoms. The number of ketones is 1. The van der Waals surface area contributed by atoms with Crippen molar-refractivity contribution in [3.8, 4) is 11.4 Å². The summed E-state index contributed by atoms with van der Waals surface area (Å²) in [6.07, 6.45) is 4.28. The summed E-state index contributed by atoms with van der Waals surface area (Å²) in [5.74, 6) is 1.44. The van der Waals surface area contributed by atoms with Crippen LogP contribution in [0.2, 0.25) is 5.02 Å². The molecule has 104 valence electrons. The smallest absolute Gasteiger partial charge is 0.227 e. The molecule has 3 rings (SSSR count). The Labute approximate surface area is 122 Å². The first kappa shape index (κ1) is 13.3. The van der Waals surface area contributed by atoms with Crippen LogP contribution in [0.15, 0.2) is 28.8 Å². The van der Waals surface area contributed by atoms with E-state index >= 15 is 0 Å². The maximum absolute atomic E-state index is 11.8. The monoisotopic (exact) mass is 290 g/mol. The molecule has 0 aliphatic heterocycles. The zero-order valence-electron chi connectivity index (χ0n) is 11.0. The van der Waals surface area contributed by atoms with E-state index in [1.54, 1.807) is 12.1 Å². The van der Waals surface area contributed by atoms with E-state index in [-0.39, 0.29) is 5.92 Å². The quantitative estimate of drug-likeness (QED) is 0.865. The number of carbonyl (C=O) groups excluding carboxylic acids is 1. The van der Waals surface area contributed by atoms with Crippen molar-refractivity contribution in [1.82, 2.24) is 10.1 Å². The van der Waals surface area contributed by atoms with E-state index in [2.05, 4.69) is 10.1 Å². The molecular weight excluding hydrogens is 276 g/mol. The molecule has 1 aromatic heterocycles. The highest BCUT2D eigenvalue weighted by atomic mass is 35.5. The minimum absolute atomic E-state index is 0.0438. The lowest BCUT2D eigenvalue weighted by Crippen LogP contribution is -2.21. The van der Waals surface area contributed by atoms with Gasteiger partial charge < -0.3 is 4.52 Å². The van der Waals surface area contributed by atoms with Gasteiger partial charge in [0.1, 0.15) is 5.78 Å². The third kappa shape index (κ3) is 2.90. The zero-order chi connectivity index (χ0) is 13.9. The second-order valence-corrected chi connectivity index (χ2v) is 5.57. The van der Waals surface area contributed by atoms with E-state index in [1.165, 1.54) is 0 Å². The summed E-state index contributed by atoms with van der Waals surface area (Å²) >= 11 is 5.85. The fraction of sp³-hybridized carbons (Fsp3) is 0.400. The van der Waals surface area contributed by atoms with Gasteiger partial charge in [0.05, 0.1) is 0 Å². The van der Waals surface area contributed by atoms with Gasteiger partial charge in [-0.25, -0.2) is 0 Å². The fourth-order valence-corrected chi connectivity index (χ4v) is 2.66. The van der Waals surface area contributed by atoms with Gasteiger partial charge in [-0.3, -0.25) is 4.79 Å². The molecular formula is C15H15ClN2O2. The first-order valence-corrected chi connectivity index (χ1v) is 7.21. The summed E-state index contributed by atoms with van der Waals surface area (Å²) in [5.41, 5.74) is 0.861. The highest BCUT2D eigenvalue weighted by molar-refractivity contribution is 6.30. The van der Waals surface area contributed by atoms with Crippen molar-refractivity contribution in [3.05, 3.63) is 35.2 Å². The molecule has 1 atom stereocenters. The zero-order valence-corrected chi connectivity index (χ0v) is 11.8. The van der Waals surface area contributed by atoms with E-state index < -0.39 is 0 Å². The van der Waals surface area contributed by atoms with Gasteiger partial charge in [0.2, 0.25) is 11.7 Å². The lowest BCUT2D eigenvalue weighted by atomic mass is 9.86. The van der Waals surface area contributed by atoms with Crippen LogP contribution < -0.4 is 0 Å². The van der Waals surface area contributed by atoms with Crippen LogP contribution >= 0.6 is 11.6 Å². The summed E-state index contributed by atoms with van der Waals surface area (Å²) in [6, 6.07) is 7.28. The van der Waals surface area contributed by atoms with Gasteiger partial charge in [-0.15, -0.1) is 0 Å². The van der Waals surface area contributed by atoms with E-state index in [1.807, 2.05) is 12.1 Å². The van der Waals surface area contributed by atoms with Crippen molar-refractivity contribution in [3.63, 3.8) is 0 Å². The predicted octanol–water partition coefficient (Wildman–Crippen LogP) is 3.69. The molecule has 1 aliphatic carbocycles. The number of carbonyl (C=O) groups is 1. The third-order valence-corrected chi connectivity index (χ3v) is 3.92. The Morgan fingerprint density at radius 2 is 2.05 bits per heavy atom. The molecule has 1 fully saturated rings. The molecule has 20 heavy (non-hydrogen) atoms. The number of Topliss-reactive ketones (excluding diaryl/α,β-unsaturated/α-hetero) is 1. The number of benzene rings is 1. The average Bonchev–Trinajstić information content (AvgIpc) is 2.91. The Morgan fingerprint density at radius 1 is 1.25 bits per heavy atom. The maximum atomic E-state index is 11.8. The van der Waals surface area contributed by atoms with Gasteiger partial charge >= 0.3 is 0 Å².